The van der Waals surface area contributed by atoms with Gasteiger partial charge in [-0.1, -0.05) is 13.3 Å². The van der Waals surface area contributed by atoms with Crippen molar-refractivity contribution < 1.29 is 0 Å². The molecule has 1 aromatic heterocycles. The van der Waals surface area contributed by atoms with Crippen LogP contribution in [0, 0.1) is 0 Å². The highest BCUT2D eigenvalue weighted by Crippen LogP contribution is 2.15. The molecule has 6 nitrogen and oxygen atoms in total. The van der Waals surface area contributed by atoms with E-state index >= 15 is 0 Å². The van der Waals surface area contributed by atoms with Crippen molar-refractivity contribution in [2.75, 3.05) is 44.6 Å². The summed E-state index contributed by atoms with van der Waals surface area (Å²) in [7, 11) is 0. The summed E-state index contributed by atoms with van der Waals surface area (Å²) < 4.78 is 2.10. The average molecular weight is 358 g/mol. The lowest BCUT2D eigenvalue weighted by atomic mass is 10.3. The number of unbranched alkanes of at least 4 members (excludes halogenated alkanes) is 1. The summed E-state index contributed by atoms with van der Waals surface area (Å²) in [5.74, 6) is 0. The predicted octanol–water partition coefficient (Wildman–Crippen LogP) is 1.12. The molecular formula is C14H24BrN5O. The molecule has 0 radical (unpaired) electrons. The van der Waals surface area contributed by atoms with Crippen molar-refractivity contribution in [3.8, 4) is 0 Å². The third kappa shape index (κ3) is 4.79. The van der Waals surface area contributed by atoms with Crippen molar-refractivity contribution in [1.29, 1.82) is 0 Å². The third-order valence-corrected chi connectivity index (χ3v) is 4.43. The zero-order valence-electron chi connectivity index (χ0n) is 12.6. The normalized spacial score (nSPS) is 16.1. The Labute approximate surface area is 134 Å². The first-order valence-corrected chi connectivity index (χ1v) is 8.44. The largest absolute Gasteiger partial charge is 0.381 e. The van der Waals surface area contributed by atoms with E-state index in [0.29, 0.717) is 11.0 Å². The Morgan fingerprint density at radius 3 is 2.86 bits per heavy atom. The van der Waals surface area contributed by atoms with E-state index in [9.17, 15) is 4.79 Å². The number of piperazine rings is 1. The van der Waals surface area contributed by atoms with Gasteiger partial charge in [-0.25, -0.2) is 4.68 Å². The lowest BCUT2D eigenvalue weighted by molar-refractivity contribution is 0.249. The summed E-state index contributed by atoms with van der Waals surface area (Å²) in [5, 5.41) is 10.9. The molecule has 1 aromatic rings. The minimum atomic E-state index is -0.0596. The molecule has 2 heterocycles. The fraction of sp³-hybridized carbons (Fsp3) is 0.714. The predicted molar refractivity (Wildman–Crippen MR) is 88.9 cm³/mol. The fourth-order valence-electron chi connectivity index (χ4n) is 2.34. The number of aromatic nitrogens is 2. The highest BCUT2D eigenvalue weighted by molar-refractivity contribution is 9.10. The lowest BCUT2D eigenvalue weighted by Crippen LogP contribution is -2.45. The van der Waals surface area contributed by atoms with Crippen molar-refractivity contribution in [3.63, 3.8) is 0 Å². The number of nitrogens with zero attached hydrogens (tertiary/aromatic N) is 3. The Balaban J connectivity index is 1.88. The molecule has 118 valence electrons. The van der Waals surface area contributed by atoms with Gasteiger partial charge in [-0.3, -0.25) is 9.69 Å². The molecule has 0 spiro atoms. The van der Waals surface area contributed by atoms with E-state index in [0.717, 1.165) is 57.8 Å². The molecule has 1 aliphatic rings. The second kappa shape index (κ2) is 8.51. The van der Waals surface area contributed by atoms with E-state index in [-0.39, 0.29) is 5.56 Å². The molecule has 0 aromatic carbocycles. The number of rotatable bonds is 7. The van der Waals surface area contributed by atoms with Crippen molar-refractivity contribution >= 4 is 21.6 Å². The van der Waals surface area contributed by atoms with E-state index in [1.165, 1.54) is 4.68 Å². The van der Waals surface area contributed by atoms with Crippen LogP contribution < -0.4 is 16.2 Å². The van der Waals surface area contributed by atoms with E-state index in [1.54, 1.807) is 6.20 Å². The van der Waals surface area contributed by atoms with Gasteiger partial charge in [0.2, 0.25) is 0 Å². The highest BCUT2D eigenvalue weighted by Gasteiger charge is 2.11. The average Bonchev–Trinajstić information content (AvgIpc) is 2.52. The van der Waals surface area contributed by atoms with Gasteiger partial charge >= 0.3 is 0 Å². The minimum absolute atomic E-state index is 0.0596. The molecule has 7 heteroatoms. The zero-order chi connectivity index (χ0) is 15.1. The number of anilines is 1. The van der Waals surface area contributed by atoms with Crippen LogP contribution in [0.2, 0.25) is 0 Å². The summed E-state index contributed by atoms with van der Waals surface area (Å²) in [6.45, 7) is 8.85. The molecule has 1 fully saturated rings. The second-order valence-electron chi connectivity index (χ2n) is 5.27. The first kappa shape index (κ1) is 16.5. The van der Waals surface area contributed by atoms with Gasteiger partial charge in [0.05, 0.1) is 11.9 Å². The Morgan fingerprint density at radius 2 is 2.14 bits per heavy atom. The van der Waals surface area contributed by atoms with E-state index in [4.69, 9.17) is 0 Å². The molecule has 2 rings (SSSR count). The van der Waals surface area contributed by atoms with Crippen LogP contribution in [-0.4, -0.2) is 53.9 Å². The maximum Gasteiger partial charge on any atom is 0.283 e. The van der Waals surface area contributed by atoms with E-state index in [2.05, 4.69) is 43.5 Å². The smallest absolute Gasteiger partial charge is 0.283 e. The second-order valence-corrected chi connectivity index (χ2v) is 6.07. The Morgan fingerprint density at radius 1 is 1.38 bits per heavy atom. The maximum absolute atomic E-state index is 12.2. The first-order chi connectivity index (χ1) is 10.2. The summed E-state index contributed by atoms with van der Waals surface area (Å²) in [4.78, 5) is 14.6. The number of halogens is 1. The van der Waals surface area contributed by atoms with Gasteiger partial charge in [-0.15, -0.1) is 0 Å². The van der Waals surface area contributed by atoms with Gasteiger partial charge in [-0.05, 0) is 22.4 Å². The molecular weight excluding hydrogens is 334 g/mol. The molecule has 0 saturated carbocycles. The molecule has 21 heavy (non-hydrogen) atoms. The van der Waals surface area contributed by atoms with Crippen LogP contribution >= 0.6 is 15.9 Å². The van der Waals surface area contributed by atoms with Crippen LogP contribution in [0.3, 0.4) is 0 Å². The monoisotopic (exact) mass is 357 g/mol. The van der Waals surface area contributed by atoms with Gasteiger partial charge in [0.15, 0.2) is 0 Å². The fourth-order valence-corrected chi connectivity index (χ4v) is 2.79. The standard InChI is InChI=1S/C14H24BrN5O/c1-2-3-7-20-14(21)13(15)12(11-18-20)17-6-10-19-8-4-16-5-9-19/h11,16-17H,2-10H2,1H3. The number of aryl methyl sites for hydroxylation is 1. The van der Waals surface area contributed by atoms with E-state index < -0.39 is 0 Å². The number of nitrogens with one attached hydrogen (secondary N) is 2. The minimum Gasteiger partial charge on any atom is -0.381 e. The topological polar surface area (TPSA) is 62.2 Å². The van der Waals surface area contributed by atoms with E-state index in [1.807, 2.05) is 0 Å². The Bertz CT molecular complexity index is 499. The summed E-state index contributed by atoms with van der Waals surface area (Å²) in [6, 6.07) is 0. The van der Waals surface area contributed by atoms with Crippen molar-refractivity contribution in [2.45, 2.75) is 26.3 Å². The van der Waals surface area contributed by atoms with Gasteiger partial charge in [0.25, 0.3) is 5.56 Å². The van der Waals surface area contributed by atoms with Gasteiger partial charge in [-0.2, -0.15) is 5.10 Å². The quantitative estimate of drug-likeness (QED) is 0.765. The Kier molecular flexibility index (Phi) is 6.66. The summed E-state index contributed by atoms with van der Waals surface area (Å²) >= 11 is 3.39. The number of hydrogen-bond donors (Lipinski definition) is 2. The molecule has 0 unspecified atom stereocenters. The molecule has 0 amide bonds. The van der Waals surface area contributed by atoms with Crippen molar-refractivity contribution in [3.05, 3.63) is 21.0 Å². The zero-order valence-corrected chi connectivity index (χ0v) is 14.2. The molecule has 0 bridgehead atoms. The molecule has 0 aliphatic carbocycles. The van der Waals surface area contributed by atoms with Crippen molar-refractivity contribution in [1.82, 2.24) is 20.0 Å². The molecule has 1 saturated heterocycles. The van der Waals surface area contributed by atoms with Crippen LogP contribution in [0.5, 0.6) is 0 Å². The summed E-state index contributed by atoms with van der Waals surface area (Å²) in [5.41, 5.74) is 0.721. The molecule has 2 N–H and O–H groups in total. The van der Waals surface area contributed by atoms with Crippen LogP contribution in [0.1, 0.15) is 19.8 Å². The maximum atomic E-state index is 12.2. The Hall–Kier alpha value is -0.920. The van der Waals surface area contributed by atoms with Crippen molar-refractivity contribution in [2.24, 2.45) is 0 Å². The molecule has 1 aliphatic heterocycles. The first-order valence-electron chi connectivity index (χ1n) is 7.65. The van der Waals surface area contributed by atoms with Gasteiger partial charge in [0.1, 0.15) is 4.47 Å². The number of hydrogen-bond acceptors (Lipinski definition) is 5. The third-order valence-electron chi connectivity index (χ3n) is 3.66. The summed E-state index contributed by atoms with van der Waals surface area (Å²) in [6.07, 6.45) is 3.75. The molecule has 0 atom stereocenters. The SMILES string of the molecule is CCCCn1ncc(NCCN2CCNCC2)c(Br)c1=O. The van der Waals surface area contributed by atoms with Crippen LogP contribution in [-0.2, 0) is 6.54 Å². The van der Waals surface area contributed by atoms with Crippen LogP contribution in [0.4, 0.5) is 5.69 Å². The lowest BCUT2D eigenvalue weighted by Gasteiger charge is -2.27. The van der Waals surface area contributed by atoms with Gasteiger partial charge < -0.3 is 10.6 Å². The van der Waals surface area contributed by atoms with Crippen LogP contribution in [0.15, 0.2) is 15.5 Å². The van der Waals surface area contributed by atoms with Gasteiger partial charge in [0, 0.05) is 45.8 Å². The van der Waals surface area contributed by atoms with Crippen LogP contribution in [0.25, 0.3) is 0 Å². The highest BCUT2D eigenvalue weighted by atomic mass is 79.9.